The van der Waals surface area contributed by atoms with E-state index < -0.39 is 4.92 Å². The molecule has 0 fully saturated rings. The fraction of sp³-hybridized carbons (Fsp3) is 0. The van der Waals surface area contributed by atoms with Crippen LogP contribution in [0, 0.1) is 10.1 Å². The number of hydrogen-bond donors (Lipinski definition) is 2. The Balaban J connectivity index is 2.16. The highest BCUT2D eigenvalue weighted by Gasteiger charge is 2.04. The molecule has 0 spiro atoms. The van der Waals surface area contributed by atoms with Gasteiger partial charge in [0.1, 0.15) is 5.82 Å². The number of aromatic nitrogens is 2. The lowest BCUT2D eigenvalue weighted by atomic mass is 10.3. The highest BCUT2D eigenvalue weighted by Crippen LogP contribution is 2.17. The van der Waals surface area contributed by atoms with Crippen molar-refractivity contribution in [2.75, 3.05) is 11.1 Å². The fourth-order valence-corrected chi connectivity index (χ4v) is 1.23. The monoisotopic (exact) mass is 231 g/mol. The van der Waals surface area contributed by atoms with Gasteiger partial charge in [0.2, 0.25) is 5.95 Å². The minimum Gasteiger partial charge on any atom is -0.384 e. The average Bonchev–Trinajstić information content (AvgIpc) is 2.29. The number of anilines is 3. The molecule has 0 unspecified atom stereocenters. The molecule has 0 aliphatic carbocycles. The van der Waals surface area contributed by atoms with E-state index >= 15 is 0 Å². The Morgan fingerprint density at radius 2 is 1.94 bits per heavy atom. The van der Waals surface area contributed by atoms with Gasteiger partial charge in [-0.1, -0.05) is 0 Å². The zero-order valence-corrected chi connectivity index (χ0v) is 8.70. The summed E-state index contributed by atoms with van der Waals surface area (Å²) in [7, 11) is 0. The van der Waals surface area contributed by atoms with Crippen LogP contribution < -0.4 is 11.1 Å². The first-order chi connectivity index (χ1) is 8.15. The Labute approximate surface area is 96.5 Å². The Morgan fingerprint density at radius 3 is 2.53 bits per heavy atom. The summed E-state index contributed by atoms with van der Waals surface area (Å²) in [6.07, 6.45) is 1.52. The van der Waals surface area contributed by atoms with Crippen LogP contribution in [0.2, 0.25) is 0 Å². The zero-order valence-electron chi connectivity index (χ0n) is 8.70. The van der Waals surface area contributed by atoms with Gasteiger partial charge in [-0.05, 0) is 18.2 Å². The minimum absolute atomic E-state index is 0.0315. The topological polar surface area (TPSA) is 107 Å². The van der Waals surface area contributed by atoms with Gasteiger partial charge >= 0.3 is 0 Å². The van der Waals surface area contributed by atoms with Crippen molar-refractivity contribution in [1.82, 2.24) is 9.97 Å². The van der Waals surface area contributed by atoms with E-state index in [4.69, 9.17) is 5.73 Å². The lowest BCUT2D eigenvalue weighted by molar-refractivity contribution is -0.384. The average molecular weight is 231 g/mol. The van der Waals surface area contributed by atoms with Crippen LogP contribution in [-0.4, -0.2) is 14.9 Å². The molecule has 1 heterocycles. The molecule has 17 heavy (non-hydrogen) atoms. The van der Waals surface area contributed by atoms with Gasteiger partial charge in [0.15, 0.2) is 0 Å². The second-order valence-electron chi connectivity index (χ2n) is 3.23. The molecular weight excluding hydrogens is 222 g/mol. The molecule has 1 aromatic heterocycles. The number of nitrogens with zero attached hydrogens (tertiary/aromatic N) is 3. The summed E-state index contributed by atoms with van der Waals surface area (Å²) in [4.78, 5) is 17.9. The lowest BCUT2D eigenvalue weighted by Crippen LogP contribution is -1.99. The number of hydrogen-bond acceptors (Lipinski definition) is 6. The molecule has 0 atom stereocenters. The van der Waals surface area contributed by atoms with E-state index in [1.54, 1.807) is 18.2 Å². The molecule has 2 rings (SSSR count). The normalized spacial score (nSPS) is 9.88. The number of nitrogens with two attached hydrogens (primary N) is 1. The van der Waals surface area contributed by atoms with Gasteiger partial charge in [0.05, 0.1) is 4.92 Å². The minimum atomic E-state index is -0.458. The molecule has 0 amide bonds. The van der Waals surface area contributed by atoms with Gasteiger partial charge in [-0.2, -0.15) is 4.98 Å². The highest BCUT2D eigenvalue weighted by molar-refractivity contribution is 5.56. The molecule has 0 saturated carbocycles. The van der Waals surface area contributed by atoms with Crippen molar-refractivity contribution in [3.8, 4) is 0 Å². The second kappa shape index (κ2) is 4.44. The molecule has 2 aromatic rings. The van der Waals surface area contributed by atoms with Crippen LogP contribution >= 0.6 is 0 Å². The van der Waals surface area contributed by atoms with Crippen molar-refractivity contribution in [3.63, 3.8) is 0 Å². The molecule has 7 heteroatoms. The van der Waals surface area contributed by atoms with E-state index in [-0.39, 0.29) is 5.69 Å². The molecular formula is C10H9N5O2. The smallest absolute Gasteiger partial charge is 0.269 e. The lowest BCUT2D eigenvalue weighted by Gasteiger charge is -2.04. The van der Waals surface area contributed by atoms with Crippen molar-refractivity contribution in [2.24, 2.45) is 0 Å². The summed E-state index contributed by atoms with van der Waals surface area (Å²) in [5, 5.41) is 13.3. The van der Waals surface area contributed by atoms with Crippen LogP contribution in [0.4, 0.5) is 23.1 Å². The maximum atomic E-state index is 10.5. The third kappa shape index (κ3) is 2.65. The van der Waals surface area contributed by atoms with Gasteiger partial charge in [-0.15, -0.1) is 0 Å². The van der Waals surface area contributed by atoms with Gasteiger partial charge in [-0.25, -0.2) is 4.98 Å². The summed E-state index contributed by atoms with van der Waals surface area (Å²) < 4.78 is 0. The largest absolute Gasteiger partial charge is 0.384 e. The first-order valence-corrected chi connectivity index (χ1v) is 4.75. The van der Waals surface area contributed by atoms with E-state index in [9.17, 15) is 10.1 Å². The van der Waals surface area contributed by atoms with Gasteiger partial charge in [0, 0.05) is 24.0 Å². The third-order valence-corrected chi connectivity index (χ3v) is 2.01. The standard InChI is InChI=1S/C10H9N5O2/c11-9-5-6-12-10(14-9)13-7-1-3-8(4-2-7)15(16)17/h1-6H,(H3,11,12,13,14). The van der Waals surface area contributed by atoms with E-state index in [1.165, 1.54) is 18.3 Å². The first kappa shape index (κ1) is 10.8. The Bertz CT molecular complexity index is 541. The Morgan fingerprint density at radius 1 is 1.24 bits per heavy atom. The van der Waals surface area contributed by atoms with Gasteiger partial charge in [0.25, 0.3) is 5.69 Å². The van der Waals surface area contributed by atoms with E-state index in [1.807, 2.05) is 0 Å². The SMILES string of the molecule is Nc1ccnc(Nc2ccc([N+](=O)[O-])cc2)n1. The summed E-state index contributed by atoms with van der Waals surface area (Å²) >= 11 is 0. The van der Waals surface area contributed by atoms with Crippen LogP contribution in [0.25, 0.3) is 0 Å². The first-order valence-electron chi connectivity index (χ1n) is 4.75. The third-order valence-electron chi connectivity index (χ3n) is 2.01. The Kier molecular flexibility index (Phi) is 2.82. The van der Waals surface area contributed by atoms with Crippen molar-refractivity contribution in [1.29, 1.82) is 0 Å². The predicted molar refractivity (Wildman–Crippen MR) is 62.8 cm³/mol. The maximum absolute atomic E-state index is 10.5. The van der Waals surface area contributed by atoms with Crippen molar-refractivity contribution < 1.29 is 4.92 Å². The summed E-state index contributed by atoms with van der Waals surface area (Å²) in [6.45, 7) is 0. The van der Waals surface area contributed by atoms with E-state index in [0.717, 1.165) is 0 Å². The van der Waals surface area contributed by atoms with Crippen LogP contribution in [0.3, 0.4) is 0 Å². The number of benzene rings is 1. The van der Waals surface area contributed by atoms with E-state index in [2.05, 4.69) is 15.3 Å². The second-order valence-corrected chi connectivity index (χ2v) is 3.23. The molecule has 86 valence electrons. The molecule has 0 saturated heterocycles. The molecule has 0 bridgehead atoms. The molecule has 0 radical (unpaired) electrons. The van der Waals surface area contributed by atoms with Crippen LogP contribution in [-0.2, 0) is 0 Å². The van der Waals surface area contributed by atoms with Crippen LogP contribution in [0.5, 0.6) is 0 Å². The number of nitrogens with one attached hydrogen (secondary N) is 1. The number of nitrogen functional groups attached to an aromatic ring is 1. The van der Waals surface area contributed by atoms with Crippen molar-refractivity contribution in [3.05, 3.63) is 46.6 Å². The van der Waals surface area contributed by atoms with Gasteiger partial charge in [-0.3, -0.25) is 10.1 Å². The van der Waals surface area contributed by atoms with Crippen LogP contribution in [0.15, 0.2) is 36.5 Å². The zero-order chi connectivity index (χ0) is 12.3. The molecule has 7 nitrogen and oxygen atoms in total. The molecule has 0 aliphatic rings. The number of nitro groups is 1. The molecule has 1 aromatic carbocycles. The van der Waals surface area contributed by atoms with Crippen LogP contribution in [0.1, 0.15) is 0 Å². The highest BCUT2D eigenvalue weighted by atomic mass is 16.6. The fourth-order valence-electron chi connectivity index (χ4n) is 1.23. The molecule has 3 N–H and O–H groups in total. The van der Waals surface area contributed by atoms with Crippen molar-refractivity contribution in [2.45, 2.75) is 0 Å². The van der Waals surface area contributed by atoms with E-state index in [0.29, 0.717) is 17.5 Å². The number of non-ortho nitro benzene ring substituents is 1. The summed E-state index contributed by atoms with van der Waals surface area (Å²) in [5.41, 5.74) is 6.18. The number of nitro benzene ring substituents is 1. The van der Waals surface area contributed by atoms with Crippen molar-refractivity contribution >= 4 is 23.1 Å². The quantitative estimate of drug-likeness (QED) is 0.615. The summed E-state index contributed by atoms with van der Waals surface area (Å²) in [6, 6.07) is 7.51. The van der Waals surface area contributed by atoms with Gasteiger partial charge < -0.3 is 11.1 Å². The number of rotatable bonds is 3. The molecule has 0 aliphatic heterocycles. The Hall–Kier alpha value is -2.70. The summed E-state index contributed by atoms with van der Waals surface area (Å²) in [5.74, 6) is 0.697. The predicted octanol–water partition coefficient (Wildman–Crippen LogP) is 1.71. The maximum Gasteiger partial charge on any atom is 0.269 e.